The lowest BCUT2D eigenvalue weighted by Crippen LogP contribution is -2.41. The van der Waals surface area contributed by atoms with Gasteiger partial charge < -0.3 is 19.7 Å². The van der Waals surface area contributed by atoms with Crippen molar-refractivity contribution in [1.29, 1.82) is 0 Å². The van der Waals surface area contributed by atoms with Crippen molar-refractivity contribution < 1.29 is 28.7 Å². The fourth-order valence-corrected chi connectivity index (χ4v) is 3.66. The third kappa shape index (κ3) is 6.32. The predicted octanol–water partition coefficient (Wildman–Crippen LogP) is 3.47. The summed E-state index contributed by atoms with van der Waals surface area (Å²) in [6.45, 7) is 2.19. The summed E-state index contributed by atoms with van der Waals surface area (Å²) in [7, 11) is 1.28. The molecule has 1 heterocycles. The van der Waals surface area contributed by atoms with Crippen molar-refractivity contribution in [2.75, 3.05) is 32.1 Å². The topological polar surface area (TPSA) is 102 Å². The van der Waals surface area contributed by atoms with E-state index < -0.39 is 24.5 Å². The summed E-state index contributed by atoms with van der Waals surface area (Å²) in [6, 6.07) is 11.5. The second-order valence-corrected chi connectivity index (χ2v) is 8.19. The maximum absolute atomic E-state index is 12.6. The van der Waals surface area contributed by atoms with Crippen molar-refractivity contribution in [2.24, 2.45) is 5.92 Å². The quantitative estimate of drug-likeness (QED) is 0.646. The van der Waals surface area contributed by atoms with Crippen LogP contribution in [0.3, 0.4) is 0 Å². The first kappa shape index (κ1) is 24.3. The van der Waals surface area contributed by atoms with Gasteiger partial charge in [0.2, 0.25) is 0 Å². The van der Waals surface area contributed by atoms with Crippen LogP contribution in [0.2, 0.25) is 5.02 Å². The number of nitrogens with one attached hydrogen (secondary N) is 1. The Balaban J connectivity index is 1.47. The Morgan fingerprint density at radius 2 is 1.67 bits per heavy atom. The lowest BCUT2D eigenvalue weighted by atomic mass is 9.96. The largest absolute Gasteiger partial charge is 0.465 e. The molecule has 1 N–H and O–H groups in total. The van der Waals surface area contributed by atoms with Crippen LogP contribution in [0.25, 0.3) is 0 Å². The van der Waals surface area contributed by atoms with Gasteiger partial charge >= 0.3 is 11.9 Å². The molecule has 1 saturated heterocycles. The van der Waals surface area contributed by atoms with Gasteiger partial charge in [0.25, 0.3) is 11.8 Å². The highest BCUT2D eigenvalue weighted by Gasteiger charge is 2.29. The Labute approximate surface area is 196 Å². The van der Waals surface area contributed by atoms with Gasteiger partial charge in [0.05, 0.1) is 18.6 Å². The Hall–Kier alpha value is -3.39. The minimum Gasteiger partial charge on any atom is -0.465 e. The first-order chi connectivity index (χ1) is 15.8. The highest BCUT2D eigenvalue weighted by atomic mass is 35.5. The number of nitrogens with zero attached hydrogens (tertiary/aromatic N) is 1. The van der Waals surface area contributed by atoms with E-state index in [1.165, 1.54) is 13.2 Å². The zero-order valence-electron chi connectivity index (χ0n) is 18.4. The summed E-state index contributed by atoms with van der Waals surface area (Å²) in [5.74, 6) is -1.98. The van der Waals surface area contributed by atoms with Gasteiger partial charge in [-0.3, -0.25) is 14.4 Å². The van der Waals surface area contributed by atoms with Crippen LogP contribution in [0.15, 0.2) is 42.5 Å². The average molecular weight is 473 g/mol. The summed E-state index contributed by atoms with van der Waals surface area (Å²) >= 11 is 5.86. The molecular weight excluding hydrogens is 448 g/mol. The van der Waals surface area contributed by atoms with Gasteiger partial charge in [0, 0.05) is 29.4 Å². The second-order valence-electron chi connectivity index (χ2n) is 7.75. The van der Waals surface area contributed by atoms with E-state index in [-0.39, 0.29) is 11.8 Å². The lowest BCUT2D eigenvalue weighted by molar-refractivity contribution is -0.152. The normalized spacial score (nSPS) is 13.8. The fourth-order valence-electron chi connectivity index (χ4n) is 3.54. The third-order valence-corrected chi connectivity index (χ3v) is 5.74. The highest BCUT2D eigenvalue weighted by Crippen LogP contribution is 2.22. The van der Waals surface area contributed by atoms with Crippen LogP contribution in [-0.4, -0.2) is 55.5 Å². The number of ether oxygens (including phenoxy) is 2. The van der Waals surface area contributed by atoms with Gasteiger partial charge in [-0.25, -0.2) is 4.79 Å². The van der Waals surface area contributed by atoms with E-state index in [9.17, 15) is 19.2 Å². The molecule has 9 heteroatoms. The standard InChI is InChI=1S/C24H25ClN2O6/c1-15-3-4-18(23(30)32-2)13-20(15)26-21(28)14-33-24(31)17-9-11-27(12-10-17)22(29)16-5-7-19(25)8-6-16/h3-8,13,17H,9-12,14H2,1-2H3,(H,26,28). The van der Waals surface area contributed by atoms with Crippen LogP contribution in [0.1, 0.15) is 39.1 Å². The summed E-state index contributed by atoms with van der Waals surface area (Å²) in [5.41, 5.74) is 2.03. The van der Waals surface area contributed by atoms with Crippen LogP contribution in [0.4, 0.5) is 5.69 Å². The number of carbonyl (C=O) groups is 4. The number of anilines is 1. The Morgan fingerprint density at radius 1 is 1.03 bits per heavy atom. The molecule has 0 spiro atoms. The first-order valence-corrected chi connectivity index (χ1v) is 10.9. The molecule has 174 valence electrons. The zero-order chi connectivity index (χ0) is 24.0. The van der Waals surface area contributed by atoms with Gasteiger partial charge in [-0.2, -0.15) is 0 Å². The Bertz CT molecular complexity index is 1050. The zero-order valence-corrected chi connectivity index (χ0v) is 19.2. The van der Waals surface area contributed by atoms with E-state index in [1.807, 2.05) is 0 Å². The summed E-state index contributed by atoms with van der Waals surface area (Å²) in [6.07, 6.45) is 0.917. The molecule has 0 radical (unpaired) electrons. The average Bonchev–Trinajstić information content (AvgIpc) is 2.83. The van der Waals surface area contributed by atoms with Gasteiger partial charge in [-0.15, -0.1) is 0 Å². The molecule has 1 aliphatic rings. The minimum atomic E-state index is -0.516. The molecule has 33 heavy (non-hydrogen) atoms. The smallest absolute Gasteiger partial charge is 0.337 e. The molecule has 0 aliphatic carbocycles. The van der Waals surface area contributed by atoms with Crippen molar-refractivity contribution in [3.63, 3.8) is 0 Å². The Morgan fingerprint density at radius 3 is 2.30 bits per heavy atom. The maximum Gasteiger partial charge on any atom is 0.337 e. The van der Waals surface area contributed by atoms with Crippen molar-refractivity contribution >= 4 is 41.0 Å². The molecule has 8 nitrogen and oxygen atoms in total. The van der Waals surface area contributed by atoms with Crippen molar-refractivity contribution in [2.45, 2.75) is 19.8 Å². The predicted molar refractivity (Wildman–Crippen MR) is 122 cm³/mol. The number of hydrogen-bond donors (Lipinski definition) is 1. The number of carbonyl (C=O) groups excluding carboxylic acids is 4. The molecule has 2 aromatic rings. The number of likely N-dealkylation sites (tertiary alicyclic amines) is 1. The molecule has 0 aromatic heterocycles. The monoisotopic (exact) mass is 472 g/mol. The van der Waals surface area contributed by atoms with Crippen molar-refractivity contribution in [3.05, 3.63) is 64.2 Å². The van der Waals surface area contributed by atoms with E-state index in [2.05, 4.69) is 10.1 Å². The van der Waals surface area contributed by atoms with E-state index >= 15 is 0 Å². The van der Waals surface area contributed by atoms with Crippen molar-refractivity contribution in [3.8, 4) is 0 Å². The molecule has 0 unspecified atom stereocenters. The van der Waals surface area contributed by atoms with Crippen molar-refractivity contribution in [1.82, 2.24) is 4.90 Å². The van der Waals surface area contributed by atoms with Gasteiger partial charge in [-0.1, -0.05) is 17.7 Å². The summed E-state index contributed by atoms with van der Waals surface area (Å²) in [4.78, 5) is 50.6. The minimum absolute atomic E-state index is 0.109. The fraction of sp³-hybridized carbons (Fsp3) is 0.333. The number of rotatable bonds is 6. The molecule has 3 rings (SSSR count). The van der Waals surface area contributed by atoms with Crippen LogP contribution in [-0.2, 0) is 19.1 Å². The Kier molecular flexibility index (Phi) is 8.06. The third-order valence-electron chi connectivity index (χ3n) is 5.48. The van der Waals surface area contributed by atoms with Crippen LogP contribution in [0.5, 0.6) is 0 Å². The number of hydrogen-bond acceptors (Lipinski definition) is 6. The second kappa shape index (κ2) is 11.0. The number of halogens is 1. The van der Waals surface area contributed by atoms with Gasteiger partial charge in [-0.05, 0) is 61.7 Å². The van der Waals surface area contributed by atoms with Crippen LogP contribution >= 0.6 is 11.6 Å². The van der Waals surface area contributed by atoms with E-state index in [4.69, 9.17) is 16.3 Å². The summed E-state index contributed by atoms with van der Waals surface area (Å²) in [5, 5.41) is 3.20. The maximum atomic E-state index is 12.6. The number of aryl methyl sites for hydroxylation is 1. The van der Waals surface area contributed by atoms with Crippen LogP contribution < -0.4 is 5.32 Å². The summed E-state index contributed by atoms with van der Waals surface area (Å²) < 4.78 is 9.87. The molecule has 0 atom stereocenters. The molecule has 2 aromatic carbocycles. The van der Waals surface area contributed by atoms with Gasteiger partial charge in [0.1, 0.15) is 0 Å². The highest BCUT2D eigenvalue weighted by molar-refractivity contribution is 6.30. The molecular formula is C24H25ClN2O6. The van der Waals surface area contributed by atoms with E-state index in [0.29, 0.717) is 47.8 Å². The number of methoxy groups -OCH3 is 1. The SMILES string of the molecule is COC(=O)c1ccc(C)c(NC(=O)COC(=O)C2CCN(C(=O)c3ccc(Cl)cc3)CC2)c1. The van der Waals surface area contributed by atoms with Gasteiger partial charge in [0.15, 0.2) is 6.61 Å². The molecule has 2 amide bonds. The lowest BCUT2D eigenvalue weighted by Gasteiger charge is -2.31. The molecule has 0 saturated carbocycles. The number of amides is 2. The van der Waals surface area contributed by atoms with E-state index in [1.54, 1.807) is 48.2 Å². The number of esters is 2. The number of piperidine rings is 1. The van der Waals surface area contributed by atoms with E-state index in [0.717, 1.165) is 5.56 Å². The number of benzene rings is 2. The molecule has 1 aliphatic heterocycles. The molecule has 0 bridgehead atoms. The van der Waals surface area contributed by atoms with Crippen LogP contribution in [0, 0.1) is 12.8 Å². The first-order valence-electron chi connectivity index (χ1n) is 10.5. The molecule has 1 fully saturated rings.